The predicted molar refractivity (Wildman–Crippen MR) is 91.7 cm³/mol. The van der Waals surface area contributed by atoms with Gasteiger partial charge in [-0.2, -0.15) is 0 Å². The van der Waals surface area contributed by atoms with E-state index in [0.717, 1.165) is 31.7 Å². The van der Waals surface area contributed by atoms with Crippen molar-refractivity contribution in [2.75, 3.05) is 18.0 Å². The molecule has 1 aliphatic heterocycles. The second-order valence-corrected chi connectivity index (χ2v) is 7.17. The molecule has 6 heteroatoms. The molecule has 0 unspecified atom stereocenters. The number of amides is 1. The zero-order valence-electron chi connectivity index (χ0n) is 13.7. The minimum atomic E-state index is 0.233. The van der Waals surface area contributed by atoms with Gasteiger partial charge in [0.05, 0.1) is 0 Å². The number of hydrogen-bond donors (Lipinski definition) is 1. The molecule has 0 aromatic carbocycles. The van der Waals surface area contributed by atoms with Crippen molar-refractivity contribution in [3.05, 3.63) is 17.0 Å². The maximum Gasteiger partial charge on any atom is 0.220 e. The Morgan fingerprint density at radius 2 is 1.96 bits per heavy atom. The number of carbonyl (C=O) groups excluding carboxylic acids is 1. The van der Waals surface area contributed by atoms with Crippen LogP contribution in [0.2, 0.25) is 5.15 Å². The van der Waals surface area contributed by atoms with E-state index in [1.807, 2.05) is 13.0 Å². The van der Waals surface area contributed by atoms with Gasteiger partial charge in [-0.05, 0) is 38.5 Å². The van der Waals surface area contributed by atoms with Gasteiger partial charge in [0.2, 0.25) is 5.91 Å². The molecule has 1 aromatic heterocycles. The monoisotopic (exact) mass is 336 g/mol. The molecule has 0 spiro atoms. The standard InChI is InChI=1S/C17H25ClN4O/c1-12-19-15(18)11-16(20-12)22-8-6-14(7-9-22)21-17(23)10-13-4-2-3-5-13/h11,13-14H,2-10H2,1H3,(H,21,23). The maximum atomic E-state index is 12.1. The molecule has 2 heterocycles. The van der Waals surface area contributed by atoms with Crippen molar-refractivity contribution in [3.8, 4) is 0 Å². The Labute approximate surface area is 142 Å². The van der Waals surface area contributed by atoms with Gasteiger partial charge in [0.1, 0.15) is 16.8 Å². The molecule has 5 nitrogen and oxygen atoms in total. The molecular formula is C17H25ClN4O. The number of piperidine rings is 1. The summed E-state index contributed by atoms with van der Waals surface area (Å²) in [7, 11) is 0. The highest BCUT2D eigenvalue weighted by Gasteiger charge is 2.24. The van der Waals surface area contributed by atoms with Crippen LogP contribution in [0.4, 0.5) is 5.82 Å². The summed E-state index contributed by atoms with van der Waals surface area (Å²) in [6.45, 7) is 3.63. The van der Waals surface area contributed by atoms with Crippen LogP contribution in [-0.2, 0) is 4.79 Å². The molecule has 1 aromatic rings. The van der Waals surface area contributed by atoms with Crippen molar-refractivity contribution in [1.29, 1.82) is 0 Å². The van der Waals surface area contributed by atoms with Gasteiger partial charge in [0, 0.05) is 31.6 Å². The summed E-state index contributed by atoms with van der Waals surface area (Å²) in [4.78, 5) is 22.9. The summed E-state index contributed by atoms with van der Waals surface area (Å²) in [6.07, 6.45) is 7.64. The molecule has 2 fully saturated rings. The Morgan fingerprint density at radius 3 is 2.61 bits per heavy atom. The third-order valence-corrected chi connectivity index (χ3v) is 5.12. The van der Waals surface area contributed by atoms with Crippen molar-refractivity contribution in [3.63, 3.8) is 0 Å². The van der Waals surface area contributed by atoms with Crippen LogP contribution in [0.5, 0.6) is 0 Å². The summed E-state index contributed by atoms with van der Waals surface area (Å²) in [6, 6.07) is 2.10. The van der Waals surface area contributed by atoms with Crippen molar-refractivity contribution in [1.82, 2.24) is 15.3 Å². The normalized spacial score (nSPS) is 20.0. The van der Waals surface area contributed by atoms with E-state index in [4.69, 9.17) is 11.6 Å². The Hall–Kier alpha value is -1.36. The molecule has 2 aliphatic rings. The lowest BCUT2D eigenvalue weighted by molar-refractivity contribution is -0.122. The van der Waals surface area contributed by atoms with E-state index in [1.165, 1.54) is 25.7 Å². The van der Waals surface area contributed by atoms with E-state index in [-0.39, 0.29) is 5.91 Å². The number of carbonyl (C=O) groups is 1. The average Bonchev–Trinajstić information content (AvgIpc) is 2.99. The first kappa shape index (κ1) is 16.5. The second kappa shape index (κ2) is 7.47. The zero-order valence-corrected chi connectivity index (χ0v) is 14.5. The van der Waals surface area contributed by atoms with E-state index < -0.39 is 0 Å². The van der Waals surface area contributed by atoms with Gasteiger partial charge < -0.3 is 10.2 Å². The quantitative estimate of drug-likeness (QED) is 0.858. The first-order chi connectivity index (χ1) is 11.1. The number of hydrogen-bond acceptors (Lipinski definition) is 4. The van der Waals surface area contributed by atoms with Gasteiger partial charge in [0.25, 0.3) is 0 Å². The smallest absolute Gasteiger partial charge is 0.220 e. The number of aryl methyl sites for hydroxylation is 1. The highest BCUT2D eigenvalue weighted by atomic mass is 35.5. The van der Waals surface area contributed by atoms with Crippen LogP contribution < -0.4 is 10.2 Å². The van der Waals surface area contributed by atoms with Gasteiger partial charge in [-0.15, -0.1) is 0 Å². The van der Waals surface area contributed by atoms with Crippen LogP contribution in [0.15, 0.2) is 6.07 Å². The average molecular weight is 337 g/mol. The summed E-state index contributed by atoms with van der Waals surface area (Å²) in [5.41, 5.74) is 0. The van der Waals surface area contributed by atoms with Crippen molar-refractivity contribution >= 4 is 23.3 Å². The van der Waals surface area contributed by atoms with Crippen molar-refractivity contribution < 1.29 is 4.79 Å². The number of halogens is 1. The highest BCUT2D eigenvalue weighted by molar-refractivity contribution is 6.29. The second-order valence-electron chi connectivity index (χ2n) is 6.78. The van der Waals surface area contributed by atoms with Gasteiger partial charge in [-0.25, -0.2) is 9.97 Å². The summed E-state index contributed by atoms with van der Waals surface area (Å²) in [5.74, 6) is 2.43. The summed E-state index contributed by atoms with van der Waals surface area (Å²) < 4.78 is 0. The lowest BCUT2D eigenvalue weighted by Crippen LogP contribution is -2.45. The summed E-state index contributed by atoms with van der Waals surface area (Å²) >= 11 is 6.01. The molecule has 1 aliphatic carbocycles. The van der Waals surface area contributed by atoms with Crippen LogP contribution in [0.25, 0.3) is 0 Å². The molecule has 0 radical (unpaired) electrons. The number of nitrogens with zero attached hydrogens (tertiary/aromatic N) is 3. The molecule has 126 valence electrons. The van der Waals surface area contributed by atoms with Gasteiger partial charge in [-0.3, -0.25) is 4.79 Å². The fourth-order valence-corrected chi connectivity index (χ4v) is 3.91. The summed E-state index contributed by atoms with van der Waals surface area (Å²) in [5, 5.41) is 3.70. The van der Waals surface area contributed by atoms with Crippen LogP contribution in [0.3, 0.4) is 0 Å². The number of anilines is 1. The Balaban J connectivity index is 1.47. The van der Waals surface area contributed by atoms with Crippen molar-refractivity contribution in [2.24, 2.45) is 5.92 Å². The molecule has 1 amide bonds. The van der Waals surface area contributed by atoms with Crippen molar-refractivity contribution in [2.45, 2.75) is 57.9 Å². The highest BCUT2D eigenvalue weighted by Crippen LogP contribution is 2.27. The molecule has 1 saturated carbocycles. The van der Waals surface area contributed by atoms with Gasteiger partial charge >= 0.3 is 0 Å². The fourth-order valence-electron chi connectivity index (χ4n) is 3.69. The van der Waals surface area contributed by atoms with E-state index >= 15 is 0 Å². The predicted octanol–water partition coefficient (Wildman–Crippen LogP) is 3.10. The van der Waals surface area contributed by atoms with Crippen LogP contribution in [0, 0.1) is 12.8 Å². The molecule has 23 heavy (non-hydrogen) atoms. The molecule has 0 atom stereocenters. The first-order valence-electron chi connectivity index (χ1n) is 8.65. The molecular weight excluding hydrogens is 312 g/mol. The minimum Gasteiger partial charge on any atom is -0.356 e. The van der Waals surface area contributed by atoms with Gasteiger partial charge in [0.15, 0.2) is 0 Å². The maximum absolute atomic E-state index is 12.1. The SMILES string of the molecule is Cc1nc(Cl)cc(N2CCC(NC(=O)CC3CCCC3)CC2)n1. The first-order valence-corrected chi connectivity index (χ1v) is 9.03. The van der Waals surface area contributed by atoms with E-state index in [1.54, 1.807) is 0 Å². The van der Waals surface area contributed by atoms with Crippen LogP contribution >= 0.6 is 11.6 Å². The lowest BCUT2D eigenvalue weighted by atomic mass is 10.0. The largest absolute Gasteiger partial charge is 0.356 e. The number of aromatic nitrogens is 2. The lowest BCUT2D eigenvalue weighted by Gasteiger charge is -2.33. The number of nitrogens with one attached hydrogen (secondary N) is 1. The Kier molecular flexibility index (Phi) is 5.36. The molecule has 1 saturated heterocycles. The van der Waals surface area contributed by atoms with E-state index in [9.17, 15) is 4.79 Å². The Bertz CT molecular complexity index is 531. The molecule has 1 N–H and O–H groups in total. The fraction of sp³-hybridized carbons (Fsp3) is 0.706. The topological polar surface area (TPSA) is 58.1 Å². The number of rotatable bonds is 4. The third-order valence-electron chi connectivity index (χ3n) is 4.93. The molecule has 0 bridgehead atoms. The van der Waals surface area contributed by atoms with Gasteiger partial charge in [-0.1, -0.05) is 24.4 Å². The van der Waals surface area contributed by atoms with Crippen LogP contribution in [0.1, 0.15) is 50.8 Å². The molecule has 3 rings (SSSR count). The third kappa shape index (κ3) is 4.56. The zero-order chi connectivity index (χ0) is 16.2. The Morgan fingerprint density at radius 1 is 1.26 bits per heavy atom. The van der Waals surface area contributed by atoms with E-state index in [0.29, 0.717) is 29.4 Å². The van der Waals surface area contributed by atoms with Crippen LogP contribution in [-0.4, -0.2) is 35.0 Å². The minimum absolute atomic E-state index is 0.233. The van der Waals surface area contributed by atoms with E-state index in [2.05, 4.69) is 20.2 Å².